The summed E-state index contributed by atoms with van der Waals surface area (Å²) in [5.41, 5.74) is 1.35. The van der Waals surface area contributed by atoms with E-state index < -0.39 is 5.82 Å². The van der Waals surface area contributed by atoms with Gasteiger partial charge in [0.25, 0.3) is 5.91 Å². The summed E-state index contributed by atoms with van der Waals surface area (Å²) in [4.78, 5) is 18.6. The lowest BCUT2D eigenvalue weighted by Gasteiger charge is -2.22. The van der Waals surface area contributed by atoms with E-state index in [0.29, 0.717) is 31.9 Å². The molecule has 0 spiro atoms. The molecule has 1 amide bonds. The maximum atomic E-state index is 13.4. The quantitative estimate of drug-likeness (QED) is 0.855. The van der Waals surface area contributed by atoms with Gasteiger partial charge in [-0.3, -0.25) is 9.78 Å². The van der Waals surface area contributed by atoms with Crippen molar-refractivity contribution in [3.05, 3.63) is 65.7 Å². The van der Waals surface area contributed by atoms with Crippen molar-refractivity contribution in [1.29, 1.82) is 0 Å². The number of ether oxygens (including phenoxy) is 2. The molecule has 3 heterocycles. The van der Waals surface area contributed by atoms with Gasteiger partial charge in [-0.2, -0.15) is 0 Å². The summed E-state index contributed by atoms with van der Waals surface area (Å²) in [7, 11) is 0. The third-order valence-corrected chi connectivity index (χ3v) is 4.87. The van der Waals surface area contributed by atoms with Crippen LogP contribution < -0.4 is 0 Å². The first-order valence-corrected chi connectivity index (χ1v) is 8.37. The van der Waals surface area contributed by atoms with Gasteiger partial charge in [0.1, 0.15) is 5.82 Å². The molecule has 2 aromatic rings. The highest BCUT2D eigenvalue weighted by molar-refractivity contribution is 5.94. The Morgan fingerprint density at radius 3 is 3.04 bits per heavy atom. The van der Waals surface area contributed by atoms with Gasteiger partial charge in [-0.1, -0.05) is 12.1 Å². The zero-order chi connectivity index (χ0) is 17.2. The van der Waals surface area contributed by atoms with Crippen LogP contribution in [0.1, 0.15) is 15.9 Å². The average molecular weight is 342 g/mol. The van der Waals surface area contributed by atoms with Gasteiger partial charge in [-0.25, -0.2) is 4.39 Å². The number of amides is 1. The molecule has 1 aromatic heterocycles. The van der Waals surface area contributed by atoms with Crippen LogP contribution in [0, 0.1) is 11.7 Å². The second-order valence-corrected chi connectivity index (χ2v) is 6.45. The van der Waals surface area contributed by atoms with Crippen molar-refractivity contribution in [3.8, 4) is 0 Å². The summed E-state index contributed by atoms with van der Waals surface area (Å²) in [5, 5.41) is 0. The number of hydrogen-bond donors (Lipinski definition) is 0. The Kier molecular flexibility index (Phi) is 4.46. The topological polar surface area (TPSA) is 51.7 Å². The monoisotopic (exact) mass is 342 g/mol. The maximum absolute atomic E-state index is 13.4. The number of nitrogens with zero attached hydrogens (tertiary/aromatic N) is 2. The van der Waals surface area contributed by atoms with E-state index in [1.807, 2.05) is 12.1 Å². The lowest BCUT2D eigenvalue weighted by molar-refractivity contribution is 0.00925. The van der Waals surface area contributed by atoms with Crippen LogP contribution in [0.4, 0.5) is 4.39 Å². The Morgan fingerprint density at radius 2 is 2.24 bits per heavy atom. The fourth-order valence-corrected chi connectivity index (χ4v) is 3.58. The van der Waals surface area contributed by atoms with E-state index in [1.54, 1.807) is 29.4 Å². The van der Waals surface area contributed by atoms with Crippen molar-refractivity contribution in [3.63, 3.8) is 0 Å². The molecule has 0 bridgehead atoms. The van der Waals surface area contributed by atoms with E-state index in [-0.39, 0.29) is 24.0 Å². The Bertz CT molecular complexity index is 755. The zero-order valence-corrected chi connectivity index (χ0v) is 13.7. The average Bonchev–Trinajstić information content (AvgIpc) is 3.23. The smallest absolute Gasteiger partial charge is 0.254 e. The number of rotatable bonds is 4. The largest absolute Gasteiger partial charge is 0.379 e. The molecule has 2 fully saturated rings. The summed E-state index contributed by atoms with van der Waals surface area (Å²) in [5.74, 6) is -0.435. The van der Waals surface area contributed by atoms with Crippen LogP contribution in [0.3, 0.4) is 0 Å². The zero-order valence-electron chi connectivity index (χ0n) is 13.7. The Balaban J connectivity index is 1.48. The van der Waals surface area contributed by atoms with Crippen molar-refractivity contribution >= 4 is 5.91 Å². The molecular weight excluding hydrogens is 323 g/mol. The lowest BCUT2D eigenvalue weighted by Crippen LogP contribution is -2.38. The highest BCUT2D eigenvalue weighted by Gasteiger charge is 2.48. The van der Waals surface area contributed by atoms with Crippen LogP contribution in [0.25, 0.3) is 0 Å². The summed E-state index contributed by atoms with van der Waals surface area (Å²) in [6.07, 6.45) is 3.40. The standard InChI is InChI=1S/C19H19FN2O3/c20-15-5-1-4-14(7-15)19(23)22-9-18(16-11-24-12-17(16)22)25-10-13-3-2-6-21-8-13/h1-8,16-18H,9-12H2/t16-,17+,18+/m1/s1. The Labute approximate surface area is 145 Å². The van der Waals surface area contributed by atoms with Crippen molar-refractivity contribution in [2.75, 3.05) is 19.8 Å². The number of pyridine rings is 1. The van der Waals surface area contributed by atoms with Crippen molar-refractivity contribution in [2.24, 2.45) is 5.92 Å². The molecule has 0 aliphatic carbocycles. The number of likely N-dealkylation sites (tertiary alicyclic amines) is 1. The molecule has 25 heavy (non-hydrogen) atoms. The first kappa shape index (κ1) is 16.2. The van der Waals surface area contributed by atoms with Crippen molar-refractivity contribution in [2.45, 2.75) is 18.8 Å². The predicted octanol–water partition coefficient (Wildman–Crippen LogP) is 2.28. The number of halogens is 1. The number of hydrogen-bond acceptors (Lipinski definition) is 4. The van der Waals surface area contributed by atoms with E-state index in [1.165, 1.54) is 12.1 Å². The molecule has 130 valence electrons. The number of aromatic nitrogens is 1. The van der Waals surface area contributed by atoms with E-state index in [2.05, 4.69) is 4.98 Å². The Hall–Kier alpha value is -2.31. The molecule has 4 rings (SSSR count). The van der Waals surface area contributed by atoms with Crippen molar-refractivity contribution in [1.82, 2.24) is 9.88 Å². The molecule has 0 radical (unpaired) electrons. The summed E-state index contributed by atoms with van der Waals surface area (Å²) in [6.45, 7) is 2.02. The van der Waals surface area contributed by atoms with Gasteiger partial charge in [-0.15, -0.1) is 0 Å². The molecule has 6 heteroatoms. The summed E-state index contributed by atoms with van der Waals surface area (Å²) < 4.78 is 25.1. The van der Waals surface area contributed by atoms with E-state index >= 15 is 0 Å². The lowest BCUT2D eigenvalue weighted by atomic mass is 10.0. The number of fused-ring (bicyclic) bond motifs is 1. The van der Waals surface area contributed by atoms with E-state index in [9.17, 15) is 9.18 Å². The normalized spacial score (nSPS) is 25.2. The molecular formula is C19H19FN2O3. The summed E-state index contributed by atoms with van der Waals surface area (Å²) >= 11 is 0. The second kappa shape index (κ2) is 6.90. The van der Waals surface area contributed by atoms with Crippen LogP contribution in [-0.4, -0.2) is 47.7 Å². The highest BCUT2D eigenvalue weighted by atomic mass is 19.1. The first-order valence-electron chi connectivity index (χ1n) is 8.37. The number of carbonyl (C=O) groups is 1. The Morgan fingerprint density at radius 1 is 1.32 bits per heavy atom. The fourth-order valence-electron chi connectivity index (χ4n) is 3.58. The van der Waals surface area contributed by atoms with Gasteiger partial charge in [0.2, 0.25) is 0 Å². The molecule has 0 unspecified atom stereocenters. The second-order valence-electron chi connectivity index (χ2n) is 6.45. The van der Waals surface area contributed by atoms with Gasteiger partial charge in [0.05, 0.1) is 32.0 Å². The van der Waals surface area contributed by atoms with Crippen LogP contribution in [-0.2, 0) is 16.1 Å². The molecule has 2 aliphatic heterocycles. The number of benzene rings is 1. The van der Waals surface area contributed by atoms with Gasteiger partial charge in [0, 0.05) is 30.4 Å². The first-order chi connectivity index (χ1) is 12.2. The highest BCUT2D eigenvalue weighted by Crippen LogP contribution is 2.33. The van der Waals surface area contributed by atoms with Gasteiger partial charge >= 0.3 is 0 Å². The molecule has 2 saturated heterocycles. The molecule has 1 aromatic carbocycles. The maximum Gasteiger partial charge on any atom is 0.254 e. The van der Waals surface area contributed by atoms with Gasteiger partial charge < -0.3 is 14.4 Å². The van der Waals surface area contributed by atoms with E-state index in [0.717, 1.165) is 5.56 Å². The SMILES string of the molecule is O=C(c1cccc(F)c1)N1C[C@H](OCc2cccnc2)[C@@H]2COC[C@@H]21. The minimum absolute atomic E-state index is 0.0188. The van der Waals surface area contributed by atoms with Crippen molar-refractivity contribution < 1.29 is 18.7 Å². The van der Waals surface area contributed by atoms with Gasteiger partial charge in [-0.05, 0) is 29.8 Å². The predicted molar refractivity (Wildman–Crippen MR) is 88.3 cm³/mol. The fraction of sp³-hybridized carbons (Fsp3) is 0.368. The van der Waals surface area contributed by atoms with Crippen LogP contribution in [0.5, 0.6) is 0 Å². The third-order valence-electron chi connectivity index (χ3n) is 4.87. The summed E-state index contributed by atoms with van der Waals surface area (Å²) in [6, 6.07) is 9.61. The third kappa shape index (κ3) is 3.27. The van der Waals surface area contributed by atoms with Crippen LogP contribution in [0.2, 0.25) is 0 Å². The molecule has 3 atom stereocenters. The number of carbonyl (C=O) groups excluding carboxylic acids is 1. The minimum Gasteiger partial charge on any atom is -0.379 e. The molecule has 0 saturated carbocycles. The molecule has 2 aliphatic rings. The molecule has 0 N–H and O–H groups in total. The van der Waals surface area contributed by atoms with E-state index in [4.69, 9.17) is 9.47 Å². The minimum atomic E-state index is -0.409. The van der Waals surface area contributed by atoms with Gasteiger partial charge in [0.15, 0.2) is 0 Å². The van der Waals surface area contributed by atoms with Crippen LogP contribution >= 0.6 is 0 Å². The molecule has 5 nitrogen and oxygen atoms in total. The van der Waals surface area contributed by atoms with Crippen LogP contribution in [0.15, 0.2) is 48.8 Å².